The van der Waals surface area contributed by atoms with Crippen LogP contribution in [0.15, 0.2) is 73.1 Å². The number of phenolic OH excluding ortho intramolecular Hbond substituents is 1. The summed E-state index contributed by atoms with van der Waals surface area (Å²) in [7, 11) is 1.30. The first-order valence-corrected chi connectivity index (χ1v) is 15.4. The van der Waals surface area contributed by atoms with E-state index in [9.17, 15) is 19.5 Å². The molecule has 9 nitrogen and oxygen atoms in total. The fourth-order valence-corrected chi connectivity index (χ4v) is 6.22. The number of aromatic hydroxyl groups is 1. The molecule has 2 atom stereocenters. The highest BCUT2D eigenvalue weighted by Crippen LogP contribution is 2.30. The van der Waals surface area contributed by atoms with Gasteiger partial charge in [0.2, 0.25) is 0 Å². The van der Waals surface area contributed by atoms with Gasteiger partial charge >= 0.3 is 6.09 Å². The Morgan fingerprint density at radius 3 is 2.25 bits per heavy atom. The minimum atomic E-state index is -0.843. The molecule has 1 fully saturated rings. The van der Waals surface area contributed by atoms with Crippen molar-refractivity contribution in [3.8, 4) is 28.3 Å². The minimum Gasteiger partial charge on any atom is -0.508 e. The van der Waals surface area contributed by atoms with Gasteiger partial charge in [0, 0.05) is 34.9 Å². The lowest BCUT2D eigenvalue weighted by atomic mass is 9.95. The normalized spacial score (nSPS) is 15.5. The van der Waals surface area contributed by atoms with Gasteiger partial charge in [-0.2, -0.15) is 0 Å². The first-order valence-electron chi connectivity index (χ1n) is 14.5. The van der Waals surface area contributed by atoms with Crippen molar-refractivity contribution in [3.63, 3.8) is 0 Å². The second-order valence-corrected chi connectivity index (χ2v) is 13.0. The number of phenols is 1. The van der Waals surface area contributed by atoms with Crippen LogP contribution in [0.4, 0.5) is 4.79 Å². The van der Waals surface area contributed by atoms with Crippen LogP contribution in [-0.4, -0.2) is 63.5 Å². The van der Waals surface area contributed by atoms with Crippen molar-refractivity contribution in [2.75, 3.05) is 13.7 Å². The van der Waals surface area contributed by atoms with Crippen molar-refractivity contribution in [3.05, 3.63) is 88.4 Å². The first-order chi connectivity index (χ1) is 21.0. The van der Waals surface area contributed by atoms with E-state index in [1.807, 2.05) is 30.3 Å². The predicted molar refractivity (Wildman–Crippen MR) is 170 cm³/mol. The van der Waals surface area contributed by atoms with E-state index in [0.717, 1.165) is 27.1 Å². The van der Waals surface area contributed by atoms with Crippen LogP contribution in [0.3, 0.4) is 0 Å². The van der Waals surface area contributed by atoms with E-state index < -0.39 is 18.2 Å². The molecule has 2 aromatic heterocycles. The van der Waals surface area contributed by atoms with E-state index in [1.54, 1.807) is 42.7 Å². The smallest absolute Gasteiger partial charge is 0.410 e. The summed E-state index contributed by atoms with van der Waals surface area (Å²) in [5, 5.41) is 12.5. The average Bonchev–Trinajstić information content (AvgIpc) is 3.72. The maximum Gasteiger partial charge on any atom is 0.410 e. The predicted octanol–water partition coefficient (Wildman–Crippen LogP) is 6.02. The van der Waals surface area contributed by atoms with Gasteiger partial charge in [-0.15, -0.1) is 11.3 Å². The van der Waals surface area contributed by atoms with Crippen molar-refractivity contribution < 1.29 is 24.2 Å². The van der Waals surface area contributed by atoms with Crippen LogP contribution in [0.1, 0.15) is 53.7 Å². The molecule has 5 rings (SSSR count). The van der Waals surface area contributed by atoms with Gasteiger partial charge in [0.1, 0.15) is 5.75 Å². The van der Waals surface area contributed by atoms with Crippen LogP contribution in [0.2, 0.25) is 0 Å². The first kappa shape index (κ1) is 30.9. The van der Waals surface area contributed by atoms with Gasteiger partial charge in [-0.3, -0.25) is 14.5 Å². The third kappa shape index (κ3) is 6.97. The Morgan fingerprint density at radius 1 is 0.977 bits per heavy atom. The van der Waals surface area contributed by atoms with Crippen LogP contribution < -0.4 is 5.32 Å². The Kier molecular flexibility index (Phi) is 9.10. The summed E-state index contributed by atoms with van der Waals surface area (Å²) in [6.07, 6.45) is 4.39. The molecule has 44 heavy (non-hydrogen) atoms. The van der Waals surface area contributed by atoms with Crippen molar-refractivity contribution >= 4 is 29.1 Å². The molecule has 2 amide bonds. The summed E-state index contributed by atoms with van der Waals surface area (Å²) in [6.45, 7) is 6.71. The Bertz CT molecular complexity index is 1630. The molecule has 0 unspecified atom stereocenters. The van der Waals surface area contributed by atoms with E-state index in [0.29, 0.717) is 30.1 Å². The fourth-order valence-electron chi connectivity index (χ4n) is 5.25. The molecule has 0 radical (unpaired) electrons. The Balaban J connectivity index is 1.35. The summed E-state index contributed by atoms with van der Waals surface area (Å²) < 4.78 is 4.92. The van der Waals surface area contributed by atoms with Crippen molar-refractivity contribution in [1.29, 1.82) is 0 Å². The van der Waals surface area contributed by atoms with E-state index in [-0.39, 0.29) is 29.3 Å². The van der Waals surface area contributed by atoms with Crippen LogP contribution in [0.25, 0.3) is 22.5 Å². The van der Waals surface area contributed by atoms with Crippen molar-refractivity contribution in [1.82, 2.24) is 20.2 Å². The summed E-state index contributed by atoms with van der Waals surface area (Å²) in [6, 6.07) is 16.6. The number of carbonyl (C=O) groups is 3. The second kappa shape index (κ2) is 13.0. The van der Waals surface area contributed by atoms with Crippen molar-refractivity contribution in [2.24, 2.45) is 0 Å². The van der Waals surface area contributed by atoms with Gasteiger partial charge in [-0.05, 0) is 60.1 Å². The minimum absolute atomic E-state index is 0.0966. The number of amides is 2. The molecule has 0 bridgehead atoms. The maximum absolute atomic E-state index is 13.9. The molecule has 10 heteroatoms. The number of benzene rings is 2. The Morgan fingerprint density at radius 2 is 1.64 bits per heavy atom. The summed E-state index contributed by atoms with van der Waals surface area (Å²) in [5.41, 5.74) is 3.28. The molecular formula is C34H36N4O5S. The lowest BCUT2D eigenvalue weighted by Crippen LogP contribution is -2.51. The largest absolute Gasteiger partial charge is 0.508 e. The molecule has 1 aliphatic heterocycles. The van der Waals surface area contributed by atoms with Gasteiger partial charge in [-0.25, -0.2) is 14.8 Å². The number of likely N-dealkylation sites (tertiary alicyclic amines) is 1. The second-order valence-electron chi connectivity index (χ2n) is 11.9. The van der Waals surface area contributed by atoms with Crippen LogP contribution in [-0.2, 0) is 21.4 Å². The lowest BCUT2D eigenvalue weighted by molar-refractivity contribution is -0.124. The topological polar surface area (TPSA) is 122 Å². The number of ether oxygens (including phenoxy) is 1. The number of ketones is 1. The number of hydrogen-bond acceptors (Lipinski definition) is 8. The third-order valence-corrected chi connectivity index (χ3v) is 9.22. The molecular weight excluding hydrogens is 576 g/mol. The average molecular weight is 613 g/mol. The summed E-state index contributed by atoms with van der Waals surface area (Å²) >= 11 is 1.42. The number of Topliss-reactive ketones (excluding diaryl/α,β-unsaturated/α-hetero) is 1. The zero-order valence-electron chi connectivity index (χ0n) is 25.2. The molecule has 228 valence electrons. The van der Waals surface area contributed by atoms with E-state index in [4.69, 9.17) is 4.74 Å². The van der Waals surface area contributed by atoms with Crippen LogP contribution >= 0.6 is 11.3 Å². The number of hydrogen-bond donors (Lipinski definition) is 2. The number of thiophene rings is 1. The number of nitrogens with one attached hydrogen (secondary N) is 1. The molecule has 0 spiro atoms. The molecule has 2 N–H and O–H groups in total. The zero-order chi connectivity index (χ0) is 31.4. The lowest BCUT2D eigenvalue weighted by Gasteiger charge is -2.27. The van der Waals surface area contributed by atoms with Crippen LogP contribution in [0, 0.1) is 0 Å². The summed E-state index contributed by atoms with van der Waals surface area (Å²) in [5.74, 6) is 0.212. The van der Waals surface area contributed by atoms with Gasteiger partial charge in [0.25, 0.3) is 5.91 Å². The Labute approximate surface area is 260 Å². The molecule has 0 aliphatic carbocycles. The van der Waals surface area contributed by atoms with E-state index >= 15 is 0 Å². The molecule has 0 saturated carbocycles. The maximum atomic E-state index is 13.9. The van der Waals surface area contributed by atoms with E-state index in [1.165, 1.54) is 23.3 Å². The molecule has 1 aliphatic rings. The fraction of sp³-hybridized carbons (Fsp3) is 0.324. The van der Waals surface area contributed by atoms with Gasteiger partial charge < -0.3 is 15.2 Å². The third-order valence-electron chi connectivity index (χ3n) is 7.71. The van der Waals surface area contributed by atoms with Gasteiger partial charge in [-0.1, -0.05) is 57.2 Å². The SMILES string of the molecule is COC(=O)N1CCC[C@H]1C(=O)[C@H](Cc1ccc(-c2ncc(-c3ccc(O)cc3)cn2)cc1)NC(=O)c1ccc(C(C)(C)C)s1. The van der Waals surface area contributed by atoms with Crippen LogP contribution in [0.5, 0.6) is 5.75 Å². The quantitative estimate of drug-likeness (QED) is 0.250. The standard InChI is InChI=1S/C34H36N4O5S/c1-34(2,3)29-16-15-28(44-29)32(41)37-26(30(40)27-6-5-17-38(27)33(42)43-4)18-21-7-9-23(10-8-21)31-35-19-24(20-36-31)22-11-13-25(39)14-12-22/h7-16,19-20,26-27,39H,5-6,17-18H2,1-4H3,(H,37,41)/t26-,27-/m0/s1. The molecule has 4 aromatic rings. The molecule has 2 aromatic carbocycles. The number of rotatable bonds is 8. The number of carbonyl (C=O) groups excluding carboxylic acids is 3. The van der Waals surface area contributed by atoms with E-state index in [2.05, 4.69) is 36.1 Å². The van der Waals surface area contributed by atoms with Crippen molar-refractivity contribution in [2.45, 2.75) is 57.5 Å². The Hall–Kier alpha value is -4.57. The highest BCUT2D eigenvalue weighted by molar-refractivity contribution is 7.14. The number of methoxy groups -OCH3 is 1. The van der Waals surface area contributed by atoms with Gasteiger partial charge in [0.05, 0.1) is 24.1 Å². The highest BCUT2D eigenvalue weighted by atomic mass is 32.1. The van der Waals surface area contributed by atoms with Gasteiger partial charge in [0.15, 0.2) is 11.6 Å². The number of aromatic nitrogens is 2. The highest BCUT2D eigenvalue weighted by Gasteiger charge is 2.38. The summed E-state index contributed by atoms with van der Waals surface area (Å²) in [4.78, 5) is 51.7. The molecule has 3 heterocycles. The number of nitrogens with zero attached hydrogens (tertiary/aromatic N) is 3. The zero-order valence-corrected chi connectivity index (χ0v) is 26.1. The monoisotopic (exact) mass is 612 g/mol. The molecule has 1 saturated heterocycles.